The van der Waals surface area contributed by atoms with Gasteiger partial charge in [0.15, 0.2) is 0 Å². The highest BCUT2D eigenvalue weighted by Gasteiger charge is 2.32. The normalized spacial score (nSPS) is 14.6. The summed E-state index contributed by atoms with van der Waals surface area (Å²) in [5.74, 6) is 6.99. The van der Waals surface area contributed by atoms with Crippen LogP contribution in [0, 0.1) is 11.8 Å². The zero-order chi connectivity index (χ0) is 32.3. The summed E-state index contributed by atoms with van der Waals surface area (Å²) in [4.78, 5) is 37.0. The second kappa shape index (κ2) is 13.4. The van der Waals surface area contributed by atoms with Crippen LogP contribution in [0.1, 0.15) is 44.2 Å². The number of anilines is 2. The molecule has 2 aromatic carbocycles. The molecule has 3 heterocycles. The molecule has 1 N–H and O–H groups in total. The van der Waals surface area contributed by atoms with Crippen molar-refractivity contribution in [2.75, 3.05) is 39.2 Å². The van der Waals surface area contributed by atoms with Gasteiger partial charge in [-0.2, -0.15) is 0 Å². The van der Waals surface area contributed by atoms with E-state index in [0.717, 1.165) is 12.0 Å². The average molecular weight is 651 g/mol. The highest BCUT2D eigenvalue weighted by Crippen LogP contribution is 2.36. The lowest BCUT2D eigenvalue weighted by molar-refractivity contribution is 0.0292. The first-order valence-corrected chi connectivity index (χ1v) is 15.0. The third kappa shape index (κ3) is 7.17. The largest absolute Gasteiger partial charge is 0.496 e. The molecule has 45 heavy (non-hydrogen) atoms. The van der Waals surface area contributed by atoms with Crippen LogP contribution in [0.3, 0.4) is 0 Å². The topological polar surface area (TPSA) is 108 Å². The molecule has 1 aliphatic heterocycles. The molecule has 1 saturated heterocycles. The third-order valence-corrected chi connectivity index (χ3v) is 7.75. The first-order valence-electron chi connectivity index (χ1n) is 14.3. The maximum absolute atomic E-state index is 13.6. The lowest BCUT2D eigenvalue weighted by atomic mass is 9.97. The molecular formula is C33H33Cl2N5O5. The van der Waals surface area contributed by atoms with Gasteiger partial charge in [0, 0.05) is 50.3 Å². The quantitative estimate of drug-likeness (QED) is 0.234. The summed E-state index contributed by atoms with van der Waals surface area (Å²) in [5.41, 5.74) is 1.88. The molecule has 0 saturated carbocycles. The van der Waals surface area contributed by atoms with Gasteiger partial charge >= 0.3 is 6.09 Å². The second-order valence-corrected chi connectivity index (χ2v) is 12.3. The van der Waals surface area contributed by atoms with Crippen LogP contribution < -0.4 is 15.6 Å². The molecular weight excluding hydrogens is 617 g/mol. The molecule has 234 valence electrons. The fraction of sp³-hybridized carbons (Fsp3) is 0.333. The molecule has 5 rings (SSSR count). The minimum absolute atomic E-state index is 0.0977. The van der Waals surface area contributed by atoms with E-state index in [-0.39, 0.29) is 30.0 Å². The van der Waals surface area contributed by atoms with Crippen LogP contribution in [0.5, 0.6) is 5.75 Å². The minimum atomic E-state index is -0.554. The van der Waals surface area contributed by atoms with E-state index in [1.165, 1.54) is 10.8 Å². The molecule has 1 aliphatic rings. The maximum Gasteiger partial charge on any atom is 0.410 e. The number of hydrogen-bond donors (Lipinski definition) is 1. The van der Waals surface area contributed by atoms with Crippen molar-refractivity contribution in [2.45, 2.75) is 38.7 Å². The molecule has 12 heteroatoms. The number of benzene rings is 2. The zero-order valence-corrected chi connectivity index (χ0v) is 27.1. The van der Waals surface area contributed by atoms with Gasteiger partial charge in [0.25, 0.3) is 5.56 Å². The number of para-hydroxylation sites is 1. The Balaban J connectivity index is 1.45. The third-order valence-electron chi connectivity index (χ3n) is 7.14. The van der Waals surface area contributed by atoms with Crippen molar-refractivity contribution in [3.05, 3.63) is 80.3 Å². The average Bonchev–Trinajstić information content (AvgIpc) is 3.49. The Hall–Kier alpha value is -4.30. The van der Waals surface area contributed by atoms with E-state index in [4.69, 9.17) is 37.4 Å². The Labute approximate surface area is 271 Å². The fourth-order valence-electron chi connectivity index (χ4n) is 5.12. The molecule has 0 spiro atoms. The van der Waals surface area contributed by atoms with Gasteiger partial charge in [-0.1, -0.05) is 47.2 Å². The number of rotatable bonds is 6. The molecule has 10 nitrogen and oxygen atoms in total. The maximum atomic E-state index is 13.6. The van der Waals surface area contributed by atoms with Crippen LogP contribution in [-0.2, 0) is 9.47 Å². The van der Waals surface area contributed by atoms with E-state index in [1.54, 1.807) is 43.5 Å². The lowest BCUT2D eigenvalue weighted by Gasteiger charge is -2.24. The highest BCUT2D eigenvalue weighted by atomic mass is 35.5. The predicted molar refractivity (Wildman–Crippen MR) is 175 cm³/mol. The van der Waals surface area contributed by atoms with Gasteiger partial charge in [-0.05, 0) is 51.0 Å². The summed E-state index contributed by atoms with van der Waals surface area (Å²) >= 11 is 12.9. The zero-order valence-electron chi connectivity index (χ0n) is 25.6. The molecule has 1 atom stereocenters. The van der Waals surface area contributed by atoms with Crippen molar-refractivity contribution in [2.24, 2.45) is 0 Å². The van der Waals surface area contributed by atoms with Crippen LogP contribution in [0.15, 0.2) is 53.6 Å². The van der Waals surface area contributed by atoms with E-state index >= 15 is 0 Å². The first kappa shape index (κ1) is 32.1. The monoisotopic (exact) mass is 649 g/mol. The van der Waals surface area contributed by atoms with E-state index in [0.29, 0.717) is 51.3 Å². The van der Waals surface area contributed by atoms with Gasteiger partial charge in [-0.3, -0.25) is 9.36 Å². The van der Waals surface area contributed by atoms with Crippen LogP contribution in [0.4, 0.5) is 16.4 Å². The molecule has 1 amide bonds. The van der Waals surface area contributed by atoms with Gasteiger partial charge in [-0.25, -0.2) is 14.8 Å². The summed E-state index contributed by atoms with van der Waals surface area (Å²) in [6.45, 7) is 6.90. The molecule has 0 bridgehead atoms. The van der Waals surface area contributed by atoms with Gasteiger partial charge in [0.05, 0.1) is 39.3 Å². The number of hydrogen-bond acceptors (Lipinski definition) is 8. The van der Waals surface area contributed by atoms with E-state index in [1.807, 2.05) is 39.0 Å². The number of aromatic nitrogens is 3. The van der Waals surface area contributed by atoms with Gasteiger partial charge in [0.2, 0.25) is 5.95 Å². The number of nitrogens with one attached hydrogen (secondary N) is 1. The van der Waals surface area contributed by atoms with Crippen molar-refractivity contribution < 1.29 is 19.0 Å². The van der Waals surface area contributed by atoms with Crippen molar-refractivity contribution in [3.63, 3.8) is 0 Å². The second-order valence-electron chi connectivity index (χ2n) is 11.5. The Morgan fingerprint density at radius 2 is 1.91 bits per heavy atom. The van der Waals surface area contributed by atoms with Crippen LogP contribution >= 0.6 is 23.2 Å². The summed E-state index contributed by atoms with van der Waals surface area (Å²) in [5, 5.41) is 4.07. The van der Waals surface area contributed by atoms with Crippen molar-refractivity contribution >= 4 is 51.8 Å². The first-order chi connectivity index (χ1) is 21.5. The van der Waals surface area contributed by atoms with E-state index < -0.39 is 11.2 Å². The number of methoxy groups -OCH3 is 2. The van der Waals surface area contributed by atoms with Crippen molar-refractivity contribution in [1.82, 2.24) is 19.4 Å². The molecule has 1 fully saturated rings. The van der Waals surface area contributed by atoms with Gasteiger partial charge in [0.1, 0.15) is 18.0 Å². The van der Waals surface area contributed by atoms with Crippen molar-refractivity contribution in [1.29, 1.82) is 0 Å². The van der Waals surface area contributed by atoms with E-state index in [2.05, 4.69) is 27.1 Å². The summed E-state index contributed by atoms with van der Waals surface area (Å²) in [7, 11) is 3.15. The summed E-state index contributed by atoms with van der Waals surface area (Å²) in [6, 6.07) is 10.7. The fourth-order valence-corrected chi connectivity index (χ4v) is 5.70. The number of carbonyl (C=O) groups excluding carboxylic acids is 1. The number of pyridine rings is 1. The van der Waals surface area contributed by atoms with Crippen LogP contribution in [0.2, 0.25) is 10.0 Å². The number of carbonyl (C=O) groups is 1. The Kier molecular flexibility index (Phi) is 9.53. The Morgan fingerprint density at radius 3 is 2.60 bits per heavy atom. The number of likely N-dealkylation sites (tertiary alicyclic amines) is 1. The summed E-state index contributed by atoms with van der Waals surface area (Å²) < 4.78 is 17.7. The standard InChI is InChI=1S/C33H33Cl2N5O5/c1-33(2,3)45-32(42)39-14-13-20(18-39)23-12-11-22(16-27(23)44-5)37-31-36-17-24-28(38-31)21(8-7-15-43-4)19-40(30(24)41)29-25(34)9-6-10-26(29)35/h6,9-12,16-17,19-20H,13-15,18H2,1-5H3,(H,36,37,38). The molecule has 1 unspecified atom stereocenters. The number of fused-ring (bicyclic) bond motifs is 1. The highest BCUT2D eigenvalue weighted by molar-refractivity contribution is 6.37. The molecule has 0 aliphatic carbocycles. The number of ether oxygens (including phenoxy) is 3. The lowest BCUT2D eigenvalue weighted by Crippen LogP contribution is -2.35. The predicted octanol–water partition coefficient (Wildman–Crippen LogP) is 6.56. The smallest absolute Gasteiger partial charge is 0.410 e. The van der Waals surface area contributed by atoms with Crippen LogP contribution in [0.25, 0.3) is 16.6 Å². The molecule has 4 aromatic rings. The van der Waals surface area contributed by atoms with Gasteiger partial charge < -0.3 is 24.4 Å². The van der Waals surface area contributed by atoms with Crippen LogP contribution in [-0.4, -0.2) is 65.0 Å². The number of halogens is 2. The molecule has 2 aromatic heterocycles. The summed E-state index contributed by atoms with van der Waals surface area (Å²) in [6.07, 6.45) is 3.49. The Morgan fingerprint density at radius 1 is 1.16 bits per heavy atom. The Bertz CT molecular complexity index is 1860. The van der Waals surface area contributed by atoms with Crippen molar-refractivity contribution in [3.8, 4) is 23.3 Å². The van der Waals surface area contributed by atoms with E-state index in [9.17, 15) is 9.59 Å². The van der Waals surface area contributed by atoms with Gasteiger partial charge in [-0.15, -0.1) is 0 Å². The minimum Gasteiger partial charge on any atom is -0.496 e. The SMILES string of the molecule is COCC#Cc1cn(-c2c(Cl)cccc2Cl)c(=O)c2cnc(Nc3ccc(C4CCN(C(=O)OC(C)(C)C)C4)c(OC)c3)nc12. The molecule has 0 radical (unpaired) electrons. The number of amides is 1. The number of nitrogens with zero attached hydrogens (tertiary/aromatic N) is 4.